The molecule has 25 heavy (non-hydrogen) atoms. The molecule has 0 bridgehead atoms. The van der Waals surface area contributed by atoms with Gasteiger partial charge >= 0.3 is 0 Å². The third-order valence-corrected chi connectivity index (χ3v) is 4.59. The van der Waals surface area contributed by atoms with Gasteiger partial charge in [0.25, 0.3) is 5.69 Å². The third kappa shape index (κ3) is 4.03. The summed E-state index contributed by atoms with van der Waals surface area (Å²) >= 11 is 0. The molecule has 1 amide bonds. The molecule has 0 aliphatic carbocycles. The van der Waals surface area contributed by atoms with Crippen LogP contribution >= 0.6 is 0 Å². The lowest BCUT2D eigenvalue weighted by Gasteiger charge is -2.40. The predicted molar refractivity (Wildman–Crippen MR) is 95.2 cm³/mol. The molecule has 1 saturated heterocycles. The fraction of sp³-hybridized carbons (Fsp3) is 0.316. The lowest BCUT2D eigenvalue weighted by molar-refractivity contribution is -0.384. The molecule has 1 aliphatic rings. The van der Waals surface area contributed by atoms with Crippen LogP contribution in [0.25, 0.3) is 0 Å². The van der Waals surface area contributed by atoms with Gasteiger partial charge in [-0.05, 0) is 18.2 Å². The molecule has 0 saturated carbocycles. The Kier molecular flexibility index (Phi) is 5.09. The summed E-state index contributed by atoms with van der Waals surface area (Å²) in [6.45, 7) is 2.33. The molecule has 6 nitrogen and oxygen atoms in total. The van der Waals surface area contributed by atoms with Gasteiger partial charge in [-0.3, -0.25) is 14.9 Å². The van der Waals surface area contributed by atoms with Crippen LogP contribution in [-0.2, 0) is 11.2 Å². The summed E-state index contributed by atoms with van der Waals surface area (Å²) in [7, 11) is 2.06. The first-order valence-electron chi connectivity index (χ1n) is 8.31. The van der Waals surface area contributed by atoms with E-state index in [4.69, 9.17) is 0 Å². The predicted octanol–water partition coefficient (Wildman–Crippen LogP) is 2.65. The normalized spacial score (nSPS) is 18.1. The molecule has 2 aromatic carbocycles. The highest BCUT2D eigenvalue weighted by molar-refractivity contribution is 5.79. The Hall–Kier alpha value is -2.73. The fourth-order valence-corrected chi connectivity index (χ4v) is 3.19. The summed E-state index contributed by atoms with van der Waals surface area (Å²) in [4.78, 5) is 27.3. The van der Waals surface area contributed by atoms with Gasteiger partial charge in [0.2, 0.25) is 5.91 Å². The van der Waals surface area contributed by atoms with E-state index in [1.807, 2.05) is 23.1 Å². The fourth-order valence-electron chi connectivity index (χ4n) is 3.19. The van der Waals surface area contributed by atoms with Gasteiger partial charge in [-0.1, -0.05) is 42.5 Å². The molecule has 1 atom stereocenters. The van der Waals surface area contributed by atoms with Gasteiger partial charge in [0, 0.05) is 31.8 Å². The summed E-state index contributed by atoms with van der Waals surface area (Å²) in [5.41, 5.74) is 1.96. The van der Waals surface area contributed by atoms with Crippen molar-refractivity contribution in [2.45, 2.75) is 12.5 Å². The molecule has 130 valence electrons. The number of carbonyl (C=O) groups excluding carboxylic acids is 1. The van der Waals surface area contributed by atoms with Gasteiger partial charge in [-0.2, -0.15) is 0 Å². The second-order valence-corrected chi connectivity index (χ2v) is 6.38. The Labute approximate surface area is 146 Å². The number of hydrogen-bond donors (Lipinski definition) is 0. The van der Waals surface area contributed by atoms with Crippen LogP contribution in [0, 0.1) is 10.1 Å². The van der Waals surface area contributed by atoms with E-state index in [2.05, 4.69) is 24.1 Å². The van der Waals surface area contributed by atoms with E-state index in [1.165, 1.54) is 12.1 Å². The number of hydrogen-bond acceptors (Lipinski definition) is 4. The Morgan fingerprint density at radius 3 is 2.44 bits per heavy atom. The SMILES string of the molecule is CN1CCN(C(=O)Cc2ccc([N+](=O)[O-])cc2)[C@H](c2ccccc2)C1. The summed E-state index contributed by atoms with van der Waals surface area (Å²) in [6, 6.07) is 16.3. The van der Waals surface area contributed by atoms with Crippen molar-refractivity contribution in [1.29, 1.82) is 0 Å². The summed E-state index contributed by atoms with van der Waals surface area (Å²) in [6.07, 6.45) is 0.255. The smallest absolute Gasteiger partial charge is 0.269 e. The lowest BCUT2D eigenvalue weighted by Crippen LogP contribution is -2.49. The molecular formula is C19H21N3O3. The van der Waals surface area contributed by atoms with Gasteiger partial charge in [0.05, 0.1) is 17.4 Å². The number of amides is 1. The number of likely N-dealkylation sites (N-methyl/N-ethyl adjacent to an activating group) is 1. The minimum Gasteiger partial charge on any atom is -0.333 e. The molecule has 1 heterocycles. The van der Waals surface area contributed by atoms with Crippen molar-refractivity contribution in [2.75, 3.05) is 26.7 Å². The van der Waals surface area contributed by atoms with Crippen LogP contribution in [0.2, 0.25) is 0 Å². The number of nitrogens with zero attached hydrogens (tertiary/aromatic N) is 3. The van der Waals surface area contributed by atoms with Crippen molar-refractivity contribution in [3.63, 3.8) is 0 Å². The van der Waals surface area contributed by atoms with E-state index in [-0.39, 0.29) is 24.1 Å². The second kappa shape index (κ2) is 7.44. The zero-order valence-corrected chi connectivity index (χ0v) is 14.2. The first kappa shape index (κ1) is 17.1. The molecule has 0 spiro atoms. The first-order chi connectivity index (χ1) is 12.0. The first-order valence-corrected chi connectivity index (χ1v) is 8.31. The average molecular weight is 339 g/mol. The maximum absolute atomic E-state index is 12.9. The highest BCUT2D eigenvalue weighted by atomic mass is 16.6. The van der Waals surface area contributed by atoms with Crippen molar-refractivity contribution in [3.8, 4) is 0 Å². The van der Waals surface area contributed by atoms with Crippen LogP contribution < -0.4 is 0 Å². The van der Waals surface area contributed by atoms with Gasteiger partial charge in [-0.25, -0.2) is 0 Å². The number of piperazine rings is 1. The maximum Gasteiger partial charge on any atom is 0.269 e. The highest BCUT2D eigenvalue weighted by Crippen LogP contribution is 2.25. The maximum atomic E-state index is 12.9. The van der Waals surface area contributed by atoms with Crippen LogP contribution in [0.5, 0.6) is 0 Å². The zero-order valence-electron chi connectivity index (χ0n) is 14.2. The summed E-state index contributed by atoms with van der Waals surface area (Å²) in [5, 5.41) is 10.7. The molecule has 3 rings (SSSR count). The largest absolute Gasteiger partial charge is 0.333 e. The minimum absolute atomic E-state index is 0.0329. The van der Waals surface area contributed by atoms with Crippen molar-refractivity contribution < 1.29 is 9.72 Å². The standard InChI is InChI=1S/C19H21N3O3/c1-20-11-12-21(18(14-20)16-5-3-2-4-6-16)19(23)13-15-7-9-17(10-8-15)22(24)25/h2-10,18H,11-14H2,1H3/t18-/m0/s1. The van der Waals surface area contributed by atoms with Crippen molar-refractivity contribution >= 4 is 11.6 Å². The van der Waals surface area contributed by atoms with E-state index in [0.717, 1.165) is 24.2 Å². The molecule has 0 N–H and O–H groups in total. The lowest BCUT2D eigenvalue weighted by atomic mass is 10.0. The molecule has 0 unspecified atom stereocenters. The van der Waals surface area contributed by atoms with Crippen LogP contribution in [0.3, 0.4) is 0 Å². The number of nitro groups is 1. The number of benzene rings is 2. The Balaban J connectivity index is 1.75. The molecule has 0 radical (unpaired) electrons. The van der Waals surface area contributed by atoms with Gasteiger partial charge in [0.1, 0.15) is 0 Å². The molecular weight excluding hydrogens is 318 g/mol. The Morgan fingerprint density at radius 2 is 1.80 bits per heavy atom. The van der Waals surface area contributed by atoms with E-state index in [1.54, 1.807) is 12.1 Å². The number of non-ortho nitro benzene ring substituents is 1. The van der Waals surface area contributed by atoms with Crippen LogP contribution in [0.15, 0.2) is 54.6 Å². The van der Waals surface area contributed by atoms with Crippen molar-refractivity contribution in [3.05, 3.63) is 75.8 Å². The number of carbonyl (C=O) groups is 1. The van der Waals surface area contributed by atoms with E-state index in [9.17, 15) is 14.9 Å². The number of nitro benzene ring substituents is 1. The highest BCUT2D eigenvalue weighted by Gasteiger charge is 2.30. The minimum atomic E-state index is -0.433. The monoisotopic (exact) mass is 339 g/mol. The van der Waals surface area contributed by atoms with Crippen LogP contribution in [-0.4, -0.2) is 47.3 Å². The molecule has 0 aromatic heterocycles. The van der Waals surface area contributed by atoms with Gasteiger partial charge < -0.3 is 9.80 Å². The van der Waals surface area contributed by atoms with Gasteiger partial charge in [-0.15, -0.1) is 0 Å². The van der Waals surface area contributed by atoms with E-state index < -0.39 is 4.92 Å². The van der Waals surface area contributed by atoms with Crippen molar-refractivity contribution in [2.24, 2.45) is 0 Å². The Morgan fingerprint density at radius 1 is 1.12 bits per heavy atom. The number of rotatable bonds is 4. The third-order valence-electron chi connectivity index (χ3n) is 4.59. The topological polar surface area (TPSA) is 66.7 Å². The molecule has 6 heteroatoms. The zero-order chi connectivity index (χ0) is 17.8. The van der Waals surface area contributed by atoms with Crippen molar-refractivity contribution in [1.82, 2.24) is 9.80 Å². The molecule has 1 aliphatic heterocycles. The van der Waals surface area contributed by atoms with Crippen LogP contribution in [0.1, 0.15) is 17.2 Å². The van der Waals surface area contributed by atoms with E-state index in [0.29, 0.717) is 6.54 Å². The summed E-state index contributed by atoms with van der Waals surface area (Å²) < 4.78 is 0. The van der Waals surface area contributed by atoms with Crippen LogP contribution in [0.4, 0.5) is 5.69 Å². The van der Waals surface area contributed by atoms with Gasteiger partial charge in [0.15, 0.2) is 0 Å². The average Bonchev–Trinajstić information content (AvgIpc) is 2.62. The van der Waals surface area contributed by atoms with E-state index >= 15 is 0 Å². The summed E-state index contributed by atoms with van der Waals surface area (Å²) in [5.74, 6) is 0.0517. The Bertz CT molecular complexity index is 746. The second-order valence-electron chi connectivity index (χ2n) is 6.38. The quantitative estimate of drug-likeness (QED) is 0.634. The molecule has 1 fully saturated rings. The molecule has 2 aromatic rings.